The highest BCUT2D eigenvalue weighted by molar-refractivity contribution is 6.04. The first-order valence-corrected chi connectivity index (χ1v) is 11.9. The molecule has 188 valence electrons. The topological polar surface area (TPSA) is 62.5 Å². The molecule has 1 fully saturated rings. The van der Waals surface area contributed by atoms with Gasteiger partial charge in [-0.15, -0.1) is 0 Å². The number of hydrogen-bond donors (Lipinski definition) is 1. The van der Waals surface area contributed by atoms with Crippen LogP contribution in [0.1, 0.15) is 51.1 Å². The van der Waals surface area contributed by atoms with E-state index in [0.29, 0.717) is 22.5 Å². The van der Waals surface area contributed by atoms with Crippen LogP contribution in [0.2, 0.25) is 0 Å². The number of imidazole rings is 1. The second-order valence-corrected chi connectivity index (χ2v) is 9.02. The largest absolute Gasteiger partial charge is 0.416 e. The number of benzene rings is 2. The van der Waals surface area contributed by atoms with Gasteiger partial charge in [-0.25, -0.2) is 9.50 Å². The fourth-order valence-corrected chi connectivity index (χ4v) is 4.38. The predicted octanol–water partition coefficient (Wildman–Crippen LogP) is 5.30. The number of likely N-dealkylation sites (tertiary alicyclic amines) is 1. The third kappa shape index (κ3) is 5.49. The first kappa shape index (κ1) is 24.5. The molecule has 5 rings (SSSR count). The zero-order chi connectivity index (χ0) is 26.0. The number of rotatable bonds is 4. The normalized spacial score (nSPS) is 13.9. The number of anilines is 1. The Hall–Kier alpha value is -4.16. The number of amides is 1. The molecule has 0 radical (unpaired) electrons. The maximum Gasteiger partial charge on any atom is 0.416 e. The Labute approximate surface area is 212 Å². The molecule has 0 bridgehead atoms. The third-order valence-electron chi connectivity index (χ3n) is 6.37. The summed E-state index contributed by atoms with van der Waals surface area (Å²) in [5.74, 6) is 5.57. The molecule has 1 aliphatic rings. The summed E-state index contributed by atoms with van der Waals surface area (Å²) >= 11 is 0. The van der Waals surface area contributed by atoms with Gasteiger partial charge in [0.2, 0.25) is 0 Å². The van der Waals surface area contributed by atoms with E-state index in [1.54, 1.807) is 41.2 Å². The molecule has 4 aromatic rings. The summed E-state index contributed by atoms with van der Waals surface area (Å²) in [4.78, 5) is 19.2. The van der Waals surface area contributed by atoms with Crippen LogP contribution in [-0.4, -0.2) is 38.5 Å². The summed E-state index contributed by atoms with van der Waals surface area (Å²) in [5, 5.41) is 6.84. The van der Waals surface area contributed by atoms with Gasteiger partial charge in [0, 0.05) is 29.6 Å². The summed E-state index contributed by atoms with van der Waals surface area (Å²) in [5.41, 5.74) is 2.61. The average Bonchev–Trinajstić information content (AvgIpc) is 3.54. The summed E-state index contributed by atoms with van der Waals surface area (Å²) < 4.78 is 43.0. The number of carbonyl (C=O) groups excluding carboxylic acids is 1. The minimum absolute atomic E-state index is 0.0903. The highest BCUT2D eigenvalue weighted by atomic mass is 19.4. The Balaban J connectivity index is 1.37. The van der Waals surface area contributed by atoms with Crippen LogP contribution in [0.5, 0.6) is 0 Å². The van der Waals surface area contributed by atoms with Gasteiger partial charge in [0.25, 0.3) is 5.91 Å². The van der Waals surface area contributed by atoms with Crippen molar-refractivity contribution in [2.45, 2.75) is 32.5 Å². The van der Waals surface area contributed by atoms with E-state index in [4.69, 9.17) is 0 Å². The minimum atomic E-state index is -4.52. The van der Waals surface area contributed by atoms with Crippen molar-refractivity contribution in [2.24, 2.45) is 0 Å². The second-order valence-electron chi connectivity index (χ2n) is 9.02. The molecule has 0 aliphatic carbocycles. The van der Waals surface area contributed by atoms with E-state index in [0.717, 1.165) is 37.6 Å². The minimum Gasteiger partial charge on any atom is -0.322 e. The molecule has 1 amide bonds. The number of hydrogen-bond acceptors (Lipinski definition) is 4. The van der Waals surface area contributed by atoms with Crippen LogP contribution in [-0.2, 0) is 12.7 Å². The van der Waals surface area contributed by atoms with E-state index in [-0.39, 0.29) is 17.8 Å². The van der Waals surface area contributed by atoms with Crippen molar-refractivity contribution in [3.05, 3.63) is 94.4 Å². The van der Waals surface area contributed by atoms with Gasteiger partial charge in [0.05, 0.1) is 11.8 Å². The number of alkyl halides is 3. The Kier molecular flexibility index (Phi) is 6.68. The Morgan fingerprint density at radius 1 is 1.08 bits per heavy atom. The lowest BCUT2D eigenvalue weighted by molar-refractivity contribution is -0.138. The average molecular weight is 504 g/mol. The molecule has 37 heavy (non-hydrogen) atoms. The first-order chi connectivity index (χ1) is 17.8. The Morgan fingerprint density at radius 3 is 2.68 bits per heavy atom. The molecule has 3 heterocycles. The van der Waals surface area contributed by atoms with Crippen LogP contribution in [0.4, 0.5) is 18.9 Å². The number of nitrogens with zero attached hydrogens (tertiary/aromatic N) is 4. The molecule has 2 aromatic carbocycles. The van der Waals surface area contributed by atoms with Crippen LogP contribution in [0, 0.1) is 18.8 Å². The first-order valence-electron chi connectivity index (χ1n) is 11.9. The van der Waals surface area contributed by atoms with Crippen LogP contribution in [0.25, 0.3) is 5.65 Å². The highest BCUT2D eigenvalue weighted by Crippen LogP contribution is 2.35. The molecule has 2 aromatic heterocycles. The monoisotopic (exact) mass is 503 g/mol. The maximum absolute atomic E-state index is 13.8. The van der Waals surface area contributed by atoms with Gasteiger partial charge in [-0.2, -0.15) is 18.3 Å². The van der Waals surface area contributed by atoms with Gasteiger partial charge in [-0.3, -0.25) is 9.69 Å². The van der Waals surface area contributed by atoms with E-state index in [1.807, 2.05) is 17.9 Å². The summed E-state index contributed by atoms with van der Waals surface area (Å²) in [6.07, 6.45) is 0.726. The lowest BCUT2D eigenvalue weighted by Gasteiger charge is -2.20. The quantitative estimate of drug-likeness (QED) is 0.384. The zero-order valence-corrected chi connectivity index (χ0v) is 20.1. The lowest BCUT2D eigenvalue weighted by atomic mass is 10.0. The van der Waals surface area contributed by atoms with Gasteiger partial charge in [0.1, 0.15) is 5.69 Å². The van der Waals surface area contributed by atoms with Crippen molar-refractivity contribution < 1.29 is 18.0 Å². The molecule has 9 heteroatoms. The molecule has 0 spiro atoms. The van der Waals surface area contributed by atoms with Crippen LogP contribution in [0.3, 0.4) is 0 Å². The molecule has 0 saturated carbocycles. The number of fused-ring (bicyclic) bond motifs is 1. The van der Waals surface area contributed by atoms with E-state index < -0.39 is 17.6 Å². The molecular weight excluding hydrogens is 479 g/mol. The van der Waals surface area contributed by atoms with Gasteiger partial charge in [-0.05, 0) is 86.3 Å². The Morgan fingerprint density at radius 2 is 1.89 bits per heavy atom. The van der Waals surface area contributed by atoms with E-state index >= 15 is 0 Å². The smallest absolute Gasteiger partial charge is 0.322 e. The van der Waals surface area contributed by atoms with Crippen molar-refractivity contribution in [3.8, 4) is 11.8 Å². The van der Waals surface area contributed by atoms with Gasteiger partial charge >= 0.3 is 6.18 Å². The maximum atomic E-state index is 13.8. The molecule has 0 atom stereocenters. The van der Waals surface area contributed by atoms with Crippen LogP contribution < -0.4 is 5.32 Å². The molecule has 1 N–H and O–H groups in total. The number of aryl methyl sites for hydroxylation is 1. The number of nitrogens with one attached hydrogen (secondary N) is 1. The SMILES string of the molecule is Cc1ccc(C(=O)Nc2ccc(CN3CCCC3)c(C(F)(F)F)c2)cc1C#Cc1cnc2cccnn12. The van der Waals surface area contributed by atoms with Gasteiger partial charge in [-0.1, -0.05) is 18.1 Å². The third-order valence-corrected chi connectivity index (χ3v) is 6.37. The Bertz CT molecular complexity index is 1520. The number of aromatic nitrogens is 3. The van der Waals surface area contributed by atoms with Crippen molar-refractivity contribution in [2.75, 3.05) is 18.4 Å². The summed E-state index contributed by atoms with van der Waals surface area (Å²) in [7, 11) is 0. The van der Waals surface area contributed by atoms with Crippen LogP contribution >= 0.6 is 0 Å². The standard InChI is InChI=1S/C28H24F3N5O/c1-19-6-7-21(15-20(19)9-11-24-17-32-26-5-4-12-33-36(24)26)27(37)34-23-10-8-22(18-35-13-2-3-14-35)25(16-23)28(29,30)31/h4-8,10,12,15-17H,2-3,13-14,18H2,1H3,(H,34,37). The van der Waals surface area contributed by atoms with Crippen molar-refractivity contribution in [1.29, 1.82) is 0 Å². The molecule has 1 saturated heterocycles. The summed E-state index contributed by atoms with van der Waals surface area (Å²) in [6, 6.07) is 12.6. The van der Waals surface area contributed by atoms with Crippen molar-refractivity contribution in [3.63, 3.8) is 0 Å². The predicted molar refractivity (Wildman–Crippen MR) is 134 cm³/mol. The lowest BCUT2D eigenvalue weighted by Crippen LogP contribution is -2.21. The zero-order valence-electron chi connectivity index (χ0n) is 20.1. The molecule has 6 nitrogen and oxygen atoms in total. The van der Waals surface area contributed by atoms with E-state index in [9.17, 15) is 18.0 Å². The molecular formula is C28H24F3N5O. The van der Waals surface area contributed by atoms with Crippen molar-refractivity contribution >= 4 is 17.2 Å². The summed E-state index contributed by atoms with van der Waals surface area (Å²) in [6.45, 7) is 3.70. The van der Waals surface area contributed by atoms with Gasteiger partial charge in [0.15, 0.2) is 5.65 Å². The highest BCUT2D eigenvalue weighted by Gasteiger charge is 2.34. The molecule has 0 unspecified atom stereocenters. The number of carbonyl (C=O) groups is 1. The van der Waals surface area contributed by atoms with E-state index in [1.165, 1.54) is 12.1 Å². The van der Waals surface area contributed by atoms with Crippen LogP contribution in [0.15, 0.2) is 60.9 Å². The van der Waals surface area contributed by atoms with E-state index in [2.05, 4.69) is 27.2 Å². The number of halogens is 3. The fourth-order valence-electron chi connectivity index (χ4n) is 4.38. The van der Waals surface area contributed by atoms with Crippen molar-refractivity contribution in [1.82, 2.24) is 19.5 Å². The van der Waals surface area contributed by atoms with Gasteiger partial charge < -0.3 is 5.32 Å². The molecule has 1 aliphatic heterocycles. The fraction of sp³-hybridized carbons (Fsp3) is 0.250. The second kappa shape index (κ2) is 10.1.